The van der Waals surface area contributed by atoms with Gasteiger partial charge < -0.3 is 15.0 Å². The summed E-state index contributed by atoms with van der Waals surface area (Å²) < 4.78 is 8.01. The molecule has 2 aromatic heterocycles. The molecule has 0 amide bonds. The fraction of sp³-hybridized carbons (Fsp3) is 0.562. The first kappa shape index (κ1) is 17.3. The molecular weight excluding hydrogens is 314 g/mol. The number of hydrogen-bond acceptors (Lipinski definition) is 3. The van der Waals surface area contributed by atoms with Crippen LogP contribution in [0.1, 0.15) is 19.0 Å². The van der Waals surface area contributed by atoms with E-state index in [-0.39, 0.29) is 0 Å². The third-order valence-corrected chi connectivity index (χ3v) is 5.57. The Bertz CT molecular complexity index is 649. The Morgan fingerprint density at radius 3 is 2.68 bits per heavy atom. The van der Waals surface area contributed by atoms with Gasteiger partial charge in [0.15, 0.2) is 0 Å². The lowest BCUT2D eigenvalue weighted by Crippen LogP contribution is -2.22. The average molecular weight is 340 g/mol. The van der Waals surface area contributed by atoms with Gasteiger partial charge in [0.1, 0.15) is 17.5 Å². The van der Waals surface area contributed by atoms with Gasteiger partial charge in [-0.3, -0.25) is 0 Å². The zero-order valence-corrected chi connectivity index (χ0v) is 15.7. The summed E-state index contributed by atoms with van der Waals surface area (Å²) >= 11 is 6.06. The van der Waals surface area contributed by atoms with Gasteiger partial charge in [0.2, 0.25) is 0 Å². The molecule has 0 unspecified atom stereocenters. The van der Waals surface area contributed by atoms with Crippen LogP contribution in [0.2, 0.25) is 30.8 Å². The van der Waals surface area contributed by atoms with E-state index in [4.69, 9.17) is 22.1 Å². The smallest absolute Gasteiger partial charge is 0.145 e. The van der Waals surface area contributed by atoms with E-state index in [0.717, 1.165) is 36.5 Å². The largest absolute Gasteiger partial charge is 0.398 e. The van der Waals surface area contributed by atoms with E-state index in [0.29, 0.717) is 17.6 Å². The van der Waals surface area contributed by atoms with Gasteiger partial charge in [0.05, 0.1) is 0 Å². The lowest BCUT2D eigenvalue weighted by Gasteiger charge is -2.16. The van der Waals surface area contributed by atoms with Gasteiger partial charge in [0, 0.05) is 31.4 Å². The van der Waals surface area contributed by atoms with Crippen molar-refractivity contribution in [3.05, 3.63) is 23.0 Å². The van der Waals surface area contributed by atoms with Crippen LogP contribution in [0, 0.1) is 0 Å². The molecule has 0 spiro atoms. The minimum absolute atomic E-state index is 0.425. The van der Waals surface area contributed by atoms with Crippen molar-refractivity contribution in [3.63, 3.8) is 0 Å². The Balaban J connectivity index is 2.24. The van der Waals surface area contributed by atoms with E-state index in [9.17, 15) is 0 Å². The fourth-order valence-electron chi connectivity index (χ4n) is 2.40. The number of ether oxygens (including phenoxy) is 1. The number of fused-ring (bicyclic) bond motifs is 1. The molecule has 0 atom stereocenters. The summed E-state index contributed by atoms with van der Waals surface area (Å²) in [6.07, 6.45) is 2.05. The molecule has 0 saturated heterocycles. The molecule has 0 radical (unpaired) electrons. The molecule has 0 saturated carbocycles. The molecule has 0 aromatic carbocycles. The van der Waals surface area contributed by atoms with Gasteiger partial charge in [-0.2, -0.15) is 0 Å². The molecular formula is C16H26ClN3OSi. The summed E-state index contributed by atoms with van der Waals surface area (Å²) in [5.41, 5.74) is 8.77. The molecule has 122 valence electrons. The highest BCUT2D eigenvalue weighted by Crippen LogP contribution is 2.27. The van der Waals surface area contributed by atoms with Crippen LogP contribution < -0.4 is 5.73 Å². The first-order valence-corrected chi connectivity index (χ1v) is 11.9. The van der Waals surface area contributed by atoms with Gasteiger partial charge in [-0.05, 0) is 24.6 Å². The van der Waals surface area contributed by atoms with Gasteiger partial charge in [0.25, 0.3) is 0 Å². The zero-order chi connectivity index (χ0) is 16.3. The van der Waals surface area contributed by atoms with E-state index >= 15 is 0 Å². The van der Waals surface area contributed by atoms with Crippen molar-refractivity contribution in [2.24, 2.45) is 0 Å². The van der Waals surface area contributed by atoms with E-state index in [1.54, 1.807) is 6.07 Å². The Morgan fingerprint density at radius 2 is 2.05 bits per heavy atom. The zero-order valence-electron chi connectivity index (χ0n) is 13.9. The number of nitrogens with two attached hydrogens (primary N) is 1. The number of aryl methyl sites for hydroxylation is 1. The number of hydrogen-bond donors (Lipinski definition) is 1. The topological polar surface area (TPSA) is 53.1 Å². The molecule has 22 heavy (non-hydrogen) atoms. The standard InChI is InChI=1S/C16H26ClN3OSi/c1-5-6-12-9-13-14(18)10-15(17)19-16(13)20(12)11-21-7-8-22(2,3)4/h9-10H,5-8,11H2,1-4H3,(H2,18,19). The first-order valence-electron chi connectivity index (χ1n) is 7.83. The highest BCUT2D eigenvalue weighted by molar-refractivity contribution is 6.76. The Kier molecular flexibility index (Phi) is 5.53. The average Bonchev–Trinajstić information content (AvgIpc) is 2.73. The molecule has 2 N–H and O–H groups in total. The van der Waals surface area contributed by atoms with E-state index in [1.807, 2.05) is 0 Å². The fourth-order valence-corrected chi connectivity index (χ4v) is 3.36. The van der Waals surface area contributed by atoms with Gasteiger partial charge in [-0.15, -0.1) is 0 Å². The van der Waals surface area contributed by atoms with Crippen LogP contribution in [0.5, 0.6) is 0 Å². The minimum atomic E-state index is -1.07. The third-order valence-electron chi connectivity index (χ3n) is 3.68. The number of nitrogens with zero attached hydrogens (tertiary/aromatic N) is 2. The molecule has 0 aliphatic rings. The van der Waals surface area contributed by atoms with Crippen molar-refractivity contribution in [2.75, 3.05) is 12.3 Å². The lowest BCUT2D eigenvalue weighted by atomic mass is 10.2. The van der Waals surface area contributed by atoms with E-state index in [2.05, 4.69) is 42.2 Å². The molecule has 0 aliphatic carbocycles. The van der Waals surface area contributed by atoms with Crippen molar-refractivity contribution in [2.45, 2.75) is 52.2 Å². The van der Waals surface area contributed by atoms with Crippen LogP contribution in [0.3, 0.4) is 0 Å². The maximum atomic E-state index is 6.07. The van der Waals surface area contributed by atoms with Crippen LogP contribution >= 0.6 is 11.6 Å². The van der Waals surface area contributed by atoms with Gasteiger partial charge in [-0.25, -0.2) is 4.98 Å². The summed E-state index contributed by atoms with van der Waals surface area (Å²) in [4.78, 5) is 4.44. The highest BCUT2D eigenvalue weighted by Gasteiger charge is 2.15. The van der Waals surface area contributed by atoms with Crippen LogP contribution in [0.15, 0.2) is 12.1 Å². The van der Waals surface area contributed by atoms with E-state index in [1.165, 1.54) is 5.69 Å². The van der Waals surface area contributed by atoms with Crippen LogP contribution in [0.4, 0.5) is 5.69 Å². The molecule has 4 nitrogen and oxygen atoms in total. The molecule has 0 fully saturated rings. The molecule has 2 aromatic rings. The predicted octanol–water partition coefficient (Wildman–Crippen LogP) is 4.54. The normalized spacial score (nSPS) is 12.2. The number of halogens is 1. The monoisotopic (exact) mass is 339 g/mol. The summed E-state index contributed by atoms with van der Waals surface area (Å²) in [6.45, 7) is 10.5. The molecule has 0 aliphatic heterocycles. The van der Waals surface area contributed by atoms with Crippen molar-refractivity contribution >= 4 is 36.4 Å². The first-order chi connectivity index (χ1) is 10.3. The molecule has 6 heteroatoms. The van der Waals surface area contributed by atoms with Crippen LogP contribution in [-0.2, 0) is 17.9 Å². The quantitative estimate of drug-likeness (QED) is 0.458. The highest BCUT2D eigenvalue weighted by atomic mass is 35.5. The minimum Gasteiger partial charge on any atom is -0.398 e. The van der Waals surface area contributed by atoms with E-state index < -0.39 is 8.07 Å². The Hall–Kier alpha value is -1.04. The second-order valence-corrected chi connectivity index (χ2v) is 12.9. The SMILES string of the molecule is CCCc1cc2c(N)cc(Cl)nc2n1COCC[Si](C)(C)C. The number of nitrogen functional groups attached to an aromatic ring is 1. The third kappa shape index (κ3) is 4.24. The second-order valence-electron chi connectivity index (χ2n) is 6.93. The van der Waals surface area contributed by atoms with Gasteiger partial charge in [-0.1, -0.05) is 44.6 Å². The predicted molar refractivity (Wildman–Crippen MR) is 97.3 cm³/mol. The van der Waals surface area contributed by atoms with Crippen LogP contribution in [-0.4, -0.2) is 24.2 Å². The summed E-state index contributed by atoms with van der Waals surface area (Å²) in [5, 5.41) is 1.39. The molecule has 2 rings (SSSR count). The molecule has 2 heterocycles. The lowest BCUT2D eigenvalue weighted by molar-refractivity contribution is 0.0881. The van der Waals surface area contributed by atoms with Gasteiger partial charge >= 0.3 is 0 Å². The summed E-state index contributed by atoms with van der Waals surface area (Å²) in [7, 11) is -1.07. The Labute approximate surface area is 138 Å². The van der Waals surface area contributed by atoms with Crippen molar-refractivity contribution < 1.29 is 4.74 Å². The van der Waals surface area contributed by atoms with Crippen molar-refractivity contribution in [3.8, 4) is 0 Å². The van der Waals surface area contributed by atoms with Crippen molar-refractivity contribution in [1.29, 1.82) is 0 Å². The number of rotatable bonds is 7. The second kappa shape index (κ2) is 7.02. The summed E-state index contributed by atoms with van der Waals surface area (Å²) in [5.74, 6) is 0. The summed E-state index contributed by atoms with van der Waals surface area (Å²) in [6, 6.07) is 4.97. The van der Waals surface area contributed by atoms with Crippen molar-refractivity contribution in [1.82, 2.24) is 9.55 Å². The number of anilines is 1. The number of pyridine rings is 1. The maximum absolute atomic E-state index is 6.07. The molecule has 0 bridgehead atoms. The maximum Gasteiger partial charge on any atom is 0.145 e. The number of aromatic nitrogens is 2. The van der Waals surface area contributed by atoms with Crippen LogP contribution in [0.25, 0.3) is 11.0 Å². The Morgan fingerprint density at radius 1 is 1.32 bits per heavy atom.